The SMILES string of the molecule is O=C(COc1nsnc1N1CCOCC1)N/N=C/c1sc(=O)n(Cc2ccccc2)c1Cl. The molecule has 1 aromatic carbocycles. The maximum Gasteiger partial charge on any atom is 0.309 e. The van der Waals surface area contributed by atoms with E-state index in [1.54, 1.807) is 0 Å². The Bertz CT molecular complexity index is 1140. The number of amides is 1. The normalized spacial score (nSPS) is 14.1. The standard InChI is InChI=1S/C19H19ClN6O4S2/c20-16-14(31-19(28)26(16)11-13-4-2-1-3-5-13)10-21-22-15(27)12-30-18-17(23-32-24-18)25-6-8-29-9-7-25/h1-5,10H,6-9,11-12H2,(H,22,27)/b21-10+. The van der Waals surface area contributed by atoms with Crippen LogP contribution < -0.4 is 19.9 Å². The number of ether oxygens (including phenoxy) is 2. The molecule has 1 aliphatic rings. The number of anilines is 1. The first-order valence-electron chi connectivity index (χ1n) is 9.65. The third kappa shape index (κ3) is 5.51. The molecule has 2 aromatic heterocycles. The van der Waals surface area contributed by atoms with Gasteiger partial charge in [-0.3, -0.25) is 14.2 Å². The molecule has 1 fully saturated rings. The molecule has 1 aliphatic heterocycles. The minimum absolute atomic E-state index is 0.207. The molecule has 1 saturated heterocycles. The zero-order valence-electron chi connectivity index (χ0n) is 16.8. The van der Waals surface area contributed by atoms with Crippen molar-refractivity contribution in [2.75, 3.05) is 37.8 Å². The number of hydrogen-bond donors (Lipinski definition) is 1. The van der Waals surface area contributed by atoms with E-state index in [4.69, 9.17) is 21.1 Å². The summed E-state index contributed by atoms with van der Waals surface area (Å²) in [4.78, 5) is 26.6. The molecular formula is C19H19ClN6O4S2. The smallest absolute Gasteiger partial charge is 0.309 e. The van der Waals surface area contributed by atoms with Gasteiger partial charge in [-0.15, -0.1) is 4.37 Å². The molecule has 168 valence electrons. The molecule has 0 aliphatic carbocycles. The first-order chi connectivity index (χ1) is 15.6. The second-order valence-corrected chi connectivity index (χ2v) is 8.55. The zero-order valence-corrected chi connectivity index (χ0v) is 19.2. The summed E-state index contributed by atoms with van der Waals surface area (Å²) in [5.74, 6) is 0.426. The second kappa shape index (κ2) is 10.7. The van der Waals surface area contributed by atoms with Gasteiger partial charge in [-0.2, -0.15) is 9.47 Å². The van der Waals surface area contributed by atoms with Crippen LogP contribution in [0.2, 0.25) is 5.15 Å². The van der Waals surface area contributed by atoms with Crippen molar-refractivity contribution in [3.05, 3.63) is 55.6 Å². The summed E-state index contributed by atoms with van der Waals surface area (Å²) in [6.07, 6.45) is 1.34. The summed E-state index contributed by atoms with van der Waals surface area (Å²) in [5, 5.41) is 4.15. The van der Waals surface area contributed by atoms with Gasteiger partial charge < -0.3 is 14.4 Å². The third-order valence-electron chi connectivity index (χ3n) is 4.51. The highest BCUT2D eigenvalue weighted by Crippen LogP contribution is 2.26. The molecule has 3 aromatic rings. The van der Waals surface area contributed by atoms with Gasteiger partial charge >= 0.3 is 4.87 Å². The lowest BCUT2D eigenvalue weighted by molar-refractivity contribution is -0.123. The van der Waals surface area contributed by atoms with Crippen LogP contribution in [0, 0.1) is 0 Å². The highest BCUT2D eigenvalue weighted by atomic mass is 35.5. The topological polar surface area (TPSA) is 111 Å². The lowest BCUT2D eigenvalue weighted by Crippen LogP contribution is -2.36. The molecular weight excluding hydrogens is 476 g/mol. The zero-order chi connectivity index (χ0) is 22.3. The summed E-state index contributed by atoms with van der Waals surface area (Å²) in [6.45, 7) is 2.66. The van der Waals surface area contributed by atoms with E-state index < -0.39 is 5.91 Å². The number of carbonyl (C=O) groups is 1. The summed E-state index contributed by atoms with van der Waals surface area (Å²) >= 11 is 8.30. The molecule has 0 spiro atoms. The minimum atomic E-state index is -0.477. The van der Waals surface area contributed by atoms with E-state index >= 15 is 0 Å². The van der Waals surface area contributed by atoms with Gasteiger partial charge in [-0.05, 0) is 5.56 Å². The number of benzene rings is 1. The van der Waals surface area contributed by atoms with E-state index in [0.29, 0.717) is 49.4 Å². The number of rotatable bonds is 8. The number of hydrogen-bond acceptors (Lipinski definition) is 10. The first-order valence-corrected chi connectivity index (χ1v) is 11.6. The summed E-state index contributed by atoms with van der Waals surface area (Å²) in [5.41, 5.74) is 3.32. The van der Waals surface area contributed by atoms with Crippen LogP contribution >= 0.6 is 34.7 Å². The van der Waals surface area contributed by atoms with Crippen molar-refractivity contribution in [2.45, 2.75) is 6.54 Å². The fourth-order valence-corrected chi connectivity index (χ4v) is 4.57. The number of thiazole rings is 1. The fraction of sp³-hybridized carbons (Fsp3) is 0.316. The van der Waals surface area contributed by atoms with Gasteiger partial charge in [0.15, 0.2) is 6.61 Å². The molecule has 0 radical (unpaired) electrons. The van der Waals surface area contributed by atoms with Crippen molar-refractivity contribution in [1.29, 1.82) is 0 Å². The maximum absolute atomic E-state index is 12.3. The quantitative estimate of drug-likeness (QED) is 0.375. The Morgan fingerprint density at radius 1 is 1.28 bits per heavy atom. The molecule has 10 nitrogen and oxygen atoms in total. The van der Waals surface area contributed by atoms with Crippen molar-refractivity contribution < 1.29 is 14.3 Å². The van der Waals surface area contributed by atoms with Gasteiger partial charge in [0.1, 0.15) is 5.15 Å². The highest BCUT2D eigenvalue weighted by Gasteiger charge is 2.20. The molecule has 3 heterocycles. The van der Waals surface area contributed by atoms with Crippen LogP contribution in [0.15, 0.2) is 40.2 Å². The van der Waals surface area contributed by atoms with E-state index in [-0.39, 0.29) is 16.6 Å². The molecule has 0 saturated carbocycles. The summed E-state index contributed by atoms with van der Waals surface area (Å²) in [7, 11) is 0. The van der Waals surface area contributed by atoms with Gasteiger partial charge in [-0.1, -0.05) is 53.3 Å². The van der Waals surface area contributed by atoms with E-state index in [2.05, 4.69) is 19.3 Å². The van der Waals surface area contributed by atoms with Crippen molar-refractivity contribution >= 4 is 52.6 Å². The molecule has 0 bridgehead atoms. The monoisotopic (exact) mass is 494 g/mol. The number of halogens is 1. The van der Waals surface area contributed by atoms with Crippen molar-refractivity contribution in [3.8, 4) is 5.88 Å². The number of nitrogens with one attached hydrogen (secondary N) is 1. The van der Waals surface area contributed by atoms with E-state index in [1.165, 1.54) is 10.8 Å². The third-order valence-corrected chi connectivity index (χ3v) is 6.44. The van der Waals surface area contributed by atoms with Crippen molar-refractivity contribution in [1.82, 2.24) is 18.7 Å². The molecule has 0 unspecified atom stereocenters. The average Bonchev–Trinajstić information content (AvgIpc) is 3.39. The summed E-state index contributed by atoms with van der Waals surface area (Å²) in [6, 6.07) is 9.52. The van der Waals surface area contributed by atoms with Crippen LogP contribution in [-0.4, -0.2) is 58.3 Å². The van der Waals surface area contributed by atoms with Crippen LogP contribution in [0.4, 0.5) is 5.82 Å². The van der Waals surface area contributed by atoms with Crippen LogP contribution in [0.5, 0.6) is 5.88 Å². The Balaban J connectivity index is 1.31. The lowest BCUT2D eigenvalue weighted by atomic mass is 10.2. The highest BCUT2D eigenvalue weighted by molar-refractivity contribution is 7.11. The van der Waals surface area contributed by atoms with Gasteiger partial charge in [0.2, 0.25) is 5.82 Å². The number of nitrogens with zero attached hydrogens (tertiary/aromatic N) is 5. The van der Waals surface area contributed by atoms with E-state index in [1.807, 2.05) is 35.2 Å². The molecule has 1 N–H and O–H groups in total. The van der Waals surface area contributed by atoms with Gasteiger partial charge in [0.25, 0.3) is 11.8 Å². The van der Waals surface area contributed by atoms with Crippen molar-refractivity contribution in [2.24, 2.45) is 5.10 Å². The Labute approximate surface area is 196 Å². The number of aromatic nitrogens is 3. The number of hydrazone groups is 1. The van der Waals surface area contributed by atoms with Crippen LogP contribution in [0.25, 0.3) is 0 Å². The van der Waals surface area contributed by atoms with Crippen LogP contribution in [0.3, 0.4) is 0 Å². The molecule has 13 heteroatoms. The minimum Gasteiger partial charge on any atom is -0.464 e. The Kier molecular flexibility index (Phi) is 7.47. The first kappa shape index (κ1) is 22.4. The van der Waals surface area contributed by atoms with Gasteiger partial charge in [0.05, 0.1) is 42.6 Å². The largest absolute Gasteiger partial charge is 0.464 e. The lowest BCUT2D eigenvalue weighted by Gasteiger charge is -2.26. The van der Waals surface area contributed by atoms with E-state index in [0.717, 1.165) is 28.6 Å². The predicted octanol–water partition coefficient (Wildman–Crippen LogP) is 1.83. The maximum atomic E-state index is 12.3. The molecule has 0 atom stereocenters. The number of carbonyl (C=O) groups excluding carboxylic acids is 1. The van der Waals surface area contributed by atoms with Crippen molar-refractivity contribution in [3.63, 3.8) is 0 Å². The Morgan fingerprint density at radius 3 is 2.84 bits per heavy atom. The second-order valence-electron chi connectivity index (χ2n) is 6.67. The Morgan fingerprint density at radius 2 is 2.06 bits per heavy atom. The average molecular weight is 495 g/mol. The molecule has 4 rings (SSSR count). The summed E-state index contributed by atoms with van der Waals surface area (Å²) < 4.78 is 20.6. The molecule has 32 heavy (non-hydrogen) atoms. The van der Waals surface area contributed by atoms with Crippen LogP contribution in [0.1, 0.15) is 10.4 Å². The number of morpholine rings is 1. The van der Waals surface area contributed by atoms with E-state index in [9.17, 15) is 9.59 Å². The van der Waals surface area contributed by atoms with Gasteiger partial charge in [0, 0.05) is 13.1 Å². The van der Waals surface area contributed by atoms with Gasteiger partial charge in [-0.25, -0.2) is 5.43 Å². The van der Waals surface area contributed by atoms with Crippen LogP contribution in [-0.2, 0) is 16.1 Å². The Hall–Kier alpha value is -2.80. The fourth-order valence-electron chi connectivity index (χ4n) is 2.95. The predicted molar refractivity (Wildman–Crippen MR) is 123 cm³/mol. The molecule has 1 amide bonds.